The van der Waals surface area contributed by atoms with Crippen LogP contribution in [-0.2, 0) is 0 Å². The van der Waals surface area contributed by atoms with Crippen LogP contribution in [0.15, 0.2) is 0 Å². The third kappa shape index (κ3) is 4.07. The van der Waals surface area contributed by atoms with Crippen molar-refractivity contribution in [1.29, 1.82) is 0 Å². The second-order valence-electron chi connectivity index (χ2n) is 3.91. The largest absolute Gasteiger partial charge is 0.396 e. The Morgan fingerprint density at radius 2 is 2.31 bits per heavy atom. The molecule has 0 saturated carbocycles. The van der Waals surface area contributed by atoms with E-state index in [0.717, 1.165) is 32.0 Å². The number of hydrogen-bond acceptors (Lipinski definition) is 3. The van der Waals surface area contributed by atoms with Gasteiger partial charge in [0.25, 0.3) is 0 Å². The number of unbranched alkanes of at least 4 members (excludes halogenated alkanes) is 1. The Bertz CT molecular complexity index is 130. The van der Waals surface area contributed by atoms with Crippen LogP contribution in [0.1, 0.15) is 25.7 Å². The maximum atomic E-state index is 8.58. The molecule has 0 radical (unpaired) electrons. The molecule has 0 aromatic carbocycles. The molecule has 78 valence electrons. The average Bonchev–Trinajstić information content (AvgIpc) is 2.52. The SMILES string of the molecule is CN1CCCC1CNCCCCO. The van der Waals surface area contributed by atoms with Gasteiger partial charge in [0, 0.05) is 19.2 Å². The first kappa shape index (κ1) is 11.0. The zero-order valence-corrected chi connectivity index (χ0v) is 8.63. The van der Waals surface area contributed by atoms with E-state index >= 15 is 0 Å². The first-order valence-electron chi connectivity index (χ1n) is 5.36. The summed E-state index contributed by atoms with van der Waals surface area (Å²) in [5.41, 5.74) is 0. The summed E-state index contributed by atoms with van der Waals surface area (Å²) in [6.45, 7) is 3.74. The van der Waals surface area contributed by atoms with Crippen molar-refractivity contribution in [2.45, 2.75) is 31.7 Å². The Morgan fingerprint density at radius 1 is 1.46 bits per heavy atom. The van der Waals surface area contributed by atoms with Crippen molar-refractivity contribution in [3.8, 4) is 0 Å². The summed E-state index contributed by atoms with van der Waals surface area (Å²) >= 11 is 0. The van der Waals surface area contributed by atoms with Crippen LogP contribution in [0.4, 0.5) is 0 Å². The van der Waals surface area contributed by atoms with E-state index in [1.165, 1.54) is 19.4 Å². The molecular formula is C10H22N2O. The topological polar surface area (TPSA) is 35.5 Å². The van der Waals surface area contributed by atoms with E-state index in [9.17, 15) is 0 Å². The second kappa shape index (κ2) is 6.35. The highest BCUT2D eigenvalue weighted by Crippen LogP contribution is 2.13. The van der Waals surface area contributed by atoms with Crippen LogP contribution in [0.25, 0.3) is 0 Å². The van der Waals surface area contributed by atoms with E-state index in [0.29, 0.717) is 6.61 Å². The van der Waals surface area contributed by atoms with Crippen molar-refractivity contribution in [3.63, 3.8) is 0 Å². The number of aliphatic hydroxyl groups is 1. The van der Waals surface area contributed by atoms with Crippen molar-refractivity contribution in [3.05, 3.63) is 0 Å². The predicted octanol–water partition coefficient (Wildman–Crippen LogP) is 0.443. The molecule has 1 fully saturated rings. The van der Waals surface area contributed by atoms with Crippen molar-refractivity contribution < 1.29 is 5.11 Å². The molecular weight excluding hydrogens is 164 g/mol. The summed E-state index contributed by atoms with van der Waals surface area (Å²) in [5, 5.41) is 12.0. The van der Waals surface area contributed by atoms with Crippen molar-refractivity contribution in [2.24, 2.45) is 0 Å². The Hall–Kier alpha value is -0.120. The van der Waals surface area contributed by atoms with Crippen molar-refractivity contribution in [2.75, 3.05) is 33.3 Å². The number of aliphatic hydroxyl groups excluding tert-OH is 1. The van der Waals surface area contributed by atoms with Gasteiger partial charge in [0.05, 0.1) is 0 Å². The van der Waals surface area contributed by atoms with E-state index in [-0.39, 0.29) is 0 Å². The highest BCUT2D eigenvalue weighted by Gasteiger charge is 2.19. The van der Waals surface area contributed by atoms with Gasteiger partial charge in [-0.3, -0.25) is 0 Å². The molecule has 3 heteroatoms. The molecule has 0 aromatic heterocycles. The van der Waals surface area contributed by atoms with E-state index < -0.39 is 0 Å². The zero-order chi connectivity index (χ0) is 9.52. The van der Waals surface area contributed by atoms with Crippen LogP contribution in [0.2, 0.25) is 0 Å². The molecule has 13 heavy (non-hydrogen) atoms. The molecule has 3 nitrogen and oxygen atoms in total. The van der Waals surface area contributed by atoms with Gasteiger partial charge >= 0.3 is 0 Å². The molecule has 1 aliphatic rings. The molecule has 0 amide bonds. The molecule has 1 rings (SSSR count). The molecule has 0 aromatic rings. The average molecular weight is 186 g/mol. The number of nitrogens with one attached hydrogen (secondary N) is 1. The summed E-state index contributed by atoms with van der Waals surface area (Å²) in [6.07, 6.45) is 4.70. The highest BCUT2D eigenvalue weighted by molar-refractivity contribution is 4.77. The first-order chi connectivity index (χ1) is 6.34. The number of rotatable bonds is 6. The van der Waals surface area contributed by atoms with Crippen LogP contribution in [-0.4, -0.2) is 49.3 Å². The standard InChI is InChI=1S/C10H22N2O/c1-12-7-4-5-10(12)9-11-6-2-3-8-13/h10-11,13H,2-9H2,1H3. The van der Waals surface area contributed by atoms with Gasteiger partial charge in [-0.05, 0) is 45.8 Å². The molecule has 1 unspecified atom stereocenters. The predicted molar refractivity (Wildman–Crippen MR) is 54.8 cm³/mol. The summed E-state index contributed by atoms with van der Waals surface area (Å²) in [5.74, 6) is 0. The van der Waals surface area contributed by atoms with Gasteiger partial charge in [0.15, 0.2) is 0 Å². The first-order valence-corrected chi connectivity index (χ1v) is 5.36. The van der Waals surface area contributed by atoms with Crippen LogP contribution < -0.4 is 5.32 Å². The van der Waals surface area contributed by atoms with Gasteiger partial charge in [-0.1, -0.05) is 0 Å². The number of nitrogens with zero attached hydrogens (tertiary/aromatic N) is 1. The Kier molecular flexibility index (Phi) is 5.35. The van der Waals surface area contributed by atoms with Crippen molar-refractivity contribution in [1.82, 2.24) is 10.2 Å². The maximum Gasteiger partial charge on any atom is 0.0431 e. The fourth-order valence-corrected chi connectivity index (χ4v) is 1.87. The molecule has 1 saturated heterocycles. The Balaban J connectivity index is 1.93. The lowest BCUT2D eigenvalue weighted by molar-refractivity contribution is 0.278. The Morgan fingerprint density at radius 3 is 2.92 bits per heavy atom. The quantitative estimate of drug-likeness (QED) is 0.591. The van der Waals surface area contributed by atoms with E-state index in [4.69, 9.17) is 5.11 Å². The summed E-state index contributed by atoms with van der Waals surface area (Å²) in [7, 11) is 2.20. The summed E-state index contributed by atoms with van der Waals surface area (Å²) in [6, 6.07) is 0.745. The van der Waals surface area contributed by atoms with Gasteiger partial charge in [-0.15, -0.1) is 0 Å². The minimum Gasteiger partial charge on any atom is -0.396 e. The molecule has 0 bridgehead atoms. The Labute approximate surface area is 81.1 Å². The van der Waals surface area contributed by atoms with E-state index in [2.05, 4.69) is 17.3 Å². The monoisotopic (exact) mass is 186 g/mol. The number of likely N-dealkylation sites (N-methyl/N-ethyl adjacent to an activating group) is 1. The van der Waals surface area contributed by atoms with Crippen LogP contribution in [0, 0.1) is 0 Å². The summed E-state index contributed by atoms with van der Waals surface area (Å²) < 4.78 is 0. The molecule has 1 heterocycles. The normalized spacial score (nSPS) is 24.0. The molecule has 0 aliphatic carbocycles. The molecule has 1 aliphatic heterocycles. The molecule has 2 N–H and O–H groups in total. The fourth-order valence-electron chi connectivity index (χ4n) is 1.87. The summed E-state index contributed by atoms with van der Waals surface area (Å²) in [4.78, 5) is 2.43. The smallest absolute Gasteiger partial charge is 0.0431 e. The van der Waals surface area contributed by atoms with Crippen LogP contribution in [0.3, 0.4) is 0 Å². The van der Waals surface area contributed by atoms with Gasteiger partial charge in [0.2, 0.25) is 0 Å². The minimum atomic E-state index is 0.324. The lowest BCUT2D eigenvalue weighted by atomic mass is 10.2. The van der Waals surface area contributed by atoms with Gasteiger partial charge < -0.3 is 15.3 Å². The van der Waals surface area contributed by atoms with Gasteiger partial charge in [-0.2, -0.15) is 0 Å². The maximum absolute atomic E-state index is 8.58. The van der Waals surface area contributed by atoms with E-state index in [1.807, 2.05) is 0 Å². The third-order valence-corrected chi connectivity index (χ3v) is 2.81. The lowest BCUT2D eigenvalue weighted by Gasteiger charge is -2.19. The van der Waals surface area contributed by atoms with Crippen LogP contribution >= 0.6 is 0 Å². The molecule has 1 atom stereocenters. The third-order valence-electron chi connectivity index (χ3n) is 2.81. The van der Waals surface area contributed by atoms with Crippen molar-refractivity contribution >= 4 is 0 Å². The fraction of sp³-hybridized carbons (Fsp3) is 1.00. The van der Waals surface area contributed by atoms with Crippen LogP contribution in [0.5, 0.6) is 0 Å². The minimum absolute atomic E-state index is 0.324. The number of hydrogen-bond donors (Lipinski definition) is 2. The second-order valence-corrected chi connectivity index (χ2v) is 3.91. The lowest BCUT2D eigenvalue weighted by Crippen LogP contribution is -2.35. The van der Waals surface area contributed by atoms with E-state index in [1.54, 1.807) is 0 Å². The molecule has 0 spiro atoms. The van der Waals surface area contributed by atoms with Gasteiger partial charge in [0.1, 0.15) is 0 Å². The number of likely N-dealkylation sites (tertiary alicyclic amines) is 1. The zero-order valence-electron chi connectivity index (χ0n) is 8.63. The van der Waals surface area contributed by atoms with Gasteiger partial charge in [-0.25, -0.2) is 0 Å². The highest BCUT2D eigenvalue weighted by atomic mass is 16.2.